The minimum Gasteiger partial charge on any atom is -0.381 e. The van der Waals surface area contributed by atoms with Crippen molar-refractivity contribution in [1.82, 2.24) is 5.32 Å². The average molecular weight is 257 g/mol. The second-order valence-electron chi connectivity index (χ2n) is 5.35. The molecule has 106 valence electrons. The van der Waals surface area contributed by atoms with Crippen LogP contribution in [0.1, 0.15) is 32.6 Å². The van der Waals surface area contributed by atoms with Crippen molar-refractivity contribution in [2.24, 2.45) is 5.92 Å². The maximum Gasteiger partial charge on any atom is 0.0881 e. The number of nitrogens with one attached hydrogen (secondary N) is 1. The molecule has 1 N–H and O–H groups in total. The van der Waals surface area contributed by atoms with E-state index in [1.54, 1.807) is 0 Å². The highest BCUT2D eigenvalue weighted by Gasteiger charge is 2.44. The Hall–Kier alpha value is -0.160. The monoisotopic (exact) mass is 257 g/mol. The fourth-order valence-electron chi connectivity index (χ4n) is 3.51. The summed E-state index contributed by atoms with van der Waals surface area (Å²) in [6.45, 7) is 6.25. The van der Waals surface area contributed by atoms with Crippen LogP contribution < -0.4 is 5.32 Å². The van der Waals surface area contributed by atoms with Crippen LogP contribution in [-0.4, -0.2) is 51.7 Å². The Morgan fingerprint density at radius 1 is 1.28 bits per heavy atom. The summed E-state index contributed by atoms with van der Waals surface area (Å²) in [5, 5.41) is 3.51. The van der Waals surface area contributed by atoms with Gasteiger partial charge in [-0.2, -0.15) is 0 Å². The summed E-state index contributed by atoms with van der Waals surface area (Å²) >= 11 is 0. The Balaban J connectivity index is 2.09. The van der Waals surface area contributed by atoms with Crippen molar-refractivity contribution in [2.45, 2.75) is 44.2 Å². The molecule has 0 aliphatic carbocycles. The molecule has 18 heavy (non-hydrogen) atoms. The fraction of sp³-hybridized carbons (Fsp3) is 1.00. The third kappa shape index (κ3) is 3.05. The van der Waals surface area contributed by atoms with Gasteiger partial charge >= 0.3 is 0 Å². The van der Waals surface area contributed by atoms with Gasteiger partial charge in [-0.25, -0.2) is 0 Å². The molecule has 0 saturated carbocycles. The van der Waals surface area contributed by atoms with Crippen LogP contribution in [0.15, 0.2) is 0 Å². The summed E-state index contributed by atoms with van der Waals surface area (Å²) in [5.74, 6) is 0.563. The van der Waals surface area contributed by atoms with E-state index in [2.05, 4.69) is 19.3 Å². The zero-order valence-corrected chi connectivity index (χ0v) is 11.7. The molecule has 2 saturated heterocycles. The highest BCUT2D eigenvalue weighted by atomic mass is 16.5. The highest BCUT2D eigenvalue weighted by Crippen LogP contribution is 2.35. The van der Waals surface area contributed by atoms with E-state index in [-0.39, 0.29) is 5.60 Å². The van der Waals surface area contributed by atoms with Gasteiger partial charge in [-0.1, -0.05) is 0 Å². The Kier molecular flexibility index (Phi) is 5.42. The minimum absolute atomic E-state index is 0.0624. The molecule has 0 aromatic rings. The summed E-state index contributed by atoms with van der Waals surface area (Å²) in [5.41, 5.74) is -0.0624. The Morgan fingerprint density at radius 2 is 2.06 bits per heavy atom. The SMILES string of the molecule is CCOC1(C(NC)C2CCCOC2)CCOCC1. The van der Waals surface area contributed by atoms with Crippen molar-refractivity contribution in [2.75, 3.05) is 40.1 Å². The first-order chi connectivity index (χ1) is 8.82. The van der Waals surface area contributed by atoms with E-state index in [1.807, 2.05) is 0 Å². The molecule has 0 aromatic heterocycles. The van der Waals surface area contributed by atoms with Crippen molar-refractivity contribution in [1.29, 1.82) is 0 Å². The molecular weight excluding hydrogens is 230 g/mol. The lowest BCUT2D eigenvalue weighted by Crippen LogP contribution is -2.59. The normalized spacial score (nSPS) is 30.0. The predicted octanol–water partition coefficient (Wildman–Crippen LogP) is 1.59. The molecule has 2 rings (SSSR count). The molecular formula is C14H27NO3. The van der Waals surface area contributed by atoms with Gasteiger partial charge in [-0.15, -0.1) is 0 Å². The minimum atomic E-state index is -0.0624. The number of likely N-dealkylation sites (N-methyl/N-ethyl adjacent to an activating group) is 1. The number of ether oxygens (including phenoxy) is 3. The van der Waals surface area contributed by atoms with Gasteiger partial charge in [0.2, 0.25) is 0 Å². The van der Waals surface area contributed by atoms with Crippen LogP contribution in [0.2, 0.25) is 0 Å². The quantitative estimate of drug-likeness (QED) is 0.812. The largest absolute Gasteiger partial charge is 0.381 e. The smallest absolute Gasteiger partial charge is 0.0881 e. The lowest BCUT2D eigenvalue weighted by Gasteiger charge is -2.46. The maximum atomic E-state index is 6.18. The summed E-state index contributed by atoms with van der Waals surface area (Å²) in [6, 6.07) is 0.377. The van der Waals surface area contributed by atoms with Crippen molar-refractivity contribution in [3.63, 3.8) is 0 Å². The molecule has 4 nitrogen and oxygen atoms in total. The van der Waals surface area contributed by atoms with E-state index in [0.29, 0.717) is 12.0 Å². The van der Waals surface area contributed by atoms with Crippen molar-refractivity contribution in [3.8, 4) is 0 Å². The van der Waals surface area contributed by atoms with Gasteiger partial charge in [-0.3, -0.25) is 0 Å². The maximum absolute atomic E-state index is 6.18. The lowest BCUT2D eigenvalue weighted by molar-refractivity contribution is -0.143. The first kappa shape index (κ1) is 14.3. The van der Waals surface area contributed by atoms with Crippen molar-refractivity contribution in [3.05, 3.63) is 0 Å². The molecule has 0 aromatic carbocycles. The standard InChI is InChI=1S/C14H27NO3/c1-3-18-14(6-9-16-10-7-14)13(15-2)12-5-4-8-17-11-12/h12-13,15H,3-11H2,1-2H3. The van der Waals surface area contributed by atoms with Crippen LogP contribution in [0.25, 0.3) is 0 Å². The average Bonchev–Trinajstić information content (AvgIpc) is 2.42. The molecule has 0 radical (unpaired) electrons. The topological polar surface area (TPSA) is 39.7 Å². The summed E-state index contributed by atoms with van der Waals surface area (Å²) < 4.78 is 17.3. The van der Waals surface area contributed by atoms with E-state index in [9.17, 15) is 0 Å². The van der Waals surface area contributed by atoms with E-state index in [1.165, 1.54) is 12.8 Å². The molecule has 4 heteroatoms. The van der Waals surface area contributed by atoms with E-state index < -0.39 is 0 Å². The molecule has 0 bridgehead atoms. The highest BCUT2D eigenvalue weighted by molar-refractivity contribution is 4.98. The summed E-state index contributed by atoms with van der Waals surface area (Å²) in [6.07, 6.45) is 4.38. The first-order valence-corrected chi connectivity index (χ1v) is 7.29. The second-order valence-corrected chi connectivity index (χ2v) is 5.35. The molecule has 0 spiro atoms. The van der Waals surface area contributed by atoms with Crippen LogP contribution in [0.3, 0.4) is 0 Å². The van der Waals surface area contributed by atoms with E-state index >= 15 is 0 Å². The lowest BCUT2D eigenvalue weighted by atomic mass is 9.77. The zero-order valence-electron chi connectivity index (χ0n) is 11.7. The molecule has 2 heterocycles. The number of rotatable bonds is 5. The number of hydrogen-bond acceptors (Lipinski definition) is 4. The molecule has 2 fully saturated rings. The van der Waals surface area contributed by atoms with Gasteiger partial charge in [0.15, 0.2) is 0 Å². The fourth-order valence-corrected chi connectivity index (χ4v) is 3.51. The van der Waals surface area contributed by atoms with Gasteiger partial charge < -0.3 is 19.5 Å². The molecule has 2 aliphatic heterocycles. The van der Waals surface area contributed by atoms with Gasteiger partial charge in [-0.05, 0) is 26.8 Å². The molecule has 0 amide bonds. The van der Waals surface area contributed by atoms with Crippen LogP contribution in [0, 0.1) is 5.92 Å². The number of hydrogen-bond donors (Lipinski definition) is 1. The Morgan fingerprint density at radius 3 is 2.61 bits per heavy atom. The van der Waals surface area contributed by atoms with Crippen molar-refractivity contribution < 1.29 is 14.2 Å². The van der Waals surface area contributed by atoms with Crippen LogP contribution in [0.5, 0.6) is 0 Å². The van der Waals surface area contributed by atoms with Crippen molar-refractivity contribution >= 4 is 0 Å². The van der Waals surface area contributed by atoms with Crippen LogP contribution in [-0.2, 0) is 14.2 Å². The van der Waals surface area contributed by atoms with Gasteiger partial charge in [0.25, 0.3) is 0 Å². The zero-order chi connectivity index (χ0) is 12.8. The van der Waals surface area contributed by atoms with E-state index in [4.69, 9.17) is 14.2 Å². The van der Waals surface area contributed by atoms with Crippen LogP contribution >= 0.6 is 0 Å². The molecule has 2 atom stereocenters. The third-order valence-electron chi connectivity index (χ3n) is 4.32. The van der Waals surface area contributed by atoms with Gasteiger partial charge in [0.05, 0.1) is 12.2 Å². The molecule has 2 aliphatic rings. The summed E-state index contributed by atoms with van der Waals surface area (Å²) in [7, 11) is 2.05. The Bertz CT molecular complexity index is 230. The predicted molar refractivity (Wildman–Crippen MR) is 70.8 cm³/mol. The Labute approximate surface area is 110 Å². The first-order valence-electron chi connectivity index (χ1n) is 7.29. The van der Waals surface area contributed by atoms with E-state index in [0.717, 1.165) is 45.9 Å². The van der Waals surface area contributed by atoms with Crippen LogP contribution in [0.4, 0.5) is 0 Å². The second kappa shape index (κ2) is 6.85. The van der Waals surface area contributed by atoms with Gasteiger partial charge in [0, 0.05) is 51.2 Å². The summed E-state index contributed by atoms with van der Waals surface area (Å²) in [4.78, 5) is 0. The molecule has 2 unspecified atom stereocenters. The third-order valence-corrected chi connectivity index (χ3v) is 4.32. The van der Waals surface area contributed by atoms with Gasteiger partial charge in [0.1, 0.15) is 0 Å².